The molecule has 0 bridgehead atoms. The molecule has 20 heavy (non-hydrogen) atoms. The fraction of sp³-hybridized carbons (Fsp3) is 0.500. The summed E-state index contributed by atoms with van der Waals surface area (Å²) >= 11 is 3.00. The molecule has 0 aromatic carbocycles. The minimum Gasteiger partial charge on any atom is -0.361 e. The van der Waals surface area contributed by atoms with E-state index < -0.39 is 0 Å². The lowest BCUT2D eigenvalue weighted by Gasteiger charge is -2.01. The average molecular weight is 312 g/mol. The Morgan fingerprint density at radius 3 is 2.85 bits per heavy atom. The van der Waals surface area contributed by atoms with Gasteiger partial charge in [-0.05, 0) is 26.0 Å². The third kappa shape index (κ3) is 3.80. The number of nitrogens with one attached hydrogen (secondary N) is 1. The maximum atomic E-state index is 11.9. The SMILES string of the molecule is CCSc1nnc(NC(=O)CCc2c(C)noc2C)s1. The van der Waals surface area contributed by atoms with E-state index in [0.717, 1.165) is 27.1 Å². The Balaban J connectivity index is 1.86. The van der Waals surface area contributed by atoms with E-state index in [-0.39, 0.29) is 5.91 Å². The third-order valence-corrected chi connectivity index (χ3v) is 4.56. The highest BCUT2D eigenvalue weighted by molar-refractivity contribution is 8.01. The van der Waals surface area contributed by atoms with Crippen molar-refractivity contribution >= 4 is 34.1 Å². The topological polar surface area (TPSA) is 80.9 Å². The largest absolute Gasteiger partial charge is 0.361 e. The van der Waals surface area contributed by atoms with Gasteiger partial charge in [0, 0.05) is 12.0 Å². The summed E-state index contributed by atoms with van der Waals surface area (Å²) in [6.07, 6.45) is 0.987. The lowest BCUT2D eigenvalue weighted by molar-refractivity contribution is -0.116. The summed E-state index contributed by atoms with van der Waals surface area (Å²) in [4.78, 5) is 11.9. The minimum atomic E-state index is -0.0748. The van der Waals surface area contributed by atoms with Crippen LogP contribution in [0.5, 0.6) is 0 Å². The summed E-state index contributed by atoms with van der Waals surface area (Å²) in [5.74, 6) is 1.64. The first-order valence-electron chi connectivity index (χ1n) is 6.28. The first kappa shape index (κ1) is 15.0. The molecular weight excluding hydrogens is 296 g/mol. The average Bonchev–Trinajstić information content (AvgIpc) is 2.96. The van der Waals surface area contributed by atoms with Crippen molar-refractivity contribution in [1.82, 2.24) is 15.4 Å². The molecule has 0 unspecified atom stereocenters. The number of rotatable bonds is 6. The van der Waals surface area contributed by atoms with E-state index in [2.05, 4.69) is 20.7 Å². The van der Waals surface area contributed by atoms with E-state index in [4.69, 9.17) is 4.52 Å². The van der Waals surface area contributed by atoms with Crippen molar-refractivity contribution in [3.8, 4) is 0 Å². The van der Waals surface area contributed by atoms with Gasteiger partial charge in [-0.25, -0.2) is 0 Å². The van der Waals surface area contributed by atoms with Gasteiger partial charge < -0.3 is 9.84 Å². The molecule has 0 fully saturated rings. The predicted octanol–water partition coefficient (Wildman–Crippen LogP) is 2.83. The molecule has 0 atom stereocenters. The molecule has 0 aliphatic heterocycles. The van der Waals surface area contributed by atoms with Gasteiger partial charge in [0.15, 0.2) is 4.34 Å². The number of hydrogen-bond donors (Lipinski definition) is 1. The van der Waals surface area contributed by atoms with Gasteiger partial charge in [-0.15, -0.1) is 10.2 Å². The molecule has 108 valence electrons. The smallest absolute Gasteiger partial charge is 0.226 e. The van der Waals surface area contributed by atoms with Gasteiger partial charge in [0.2, 0.25) is 11.0 Å². The van der Waals surface area contributed by atoms with Crippen LogP contribution >= 0.6 is 23.1 Å². The van der Waals surface area contributed by atoms with Crippen molar-refractivity contribution < 1.29 is 9.32 Å². The van der Waals surface area contributed by atoms with Gasteiger partial charge in [0.1, 0.15) is 5.76 Å². The number of carbonyl (C=O) groups excluding carboxylic acids is 1. The maximum Gasteiger partial charge on any atom is 0.226 e. The van der Waals surface area contributed by atoms with Crippen LogP contribution in [0.3, 0.4) is 0 Å². The van der Waals surface area contributed by atoms with Gasteiger partial charge in [0.05, 0.1) is 5.69 Å². The zero-order valence-corrected chi connectivity index (χ0v) is 13.2. The molecule has 0 radical (unpaired) electrons. The van der Waals surface area contributed by atoms with Crippen molar-refractivity contribution in [2.75, 3.05) is 11.1 Å². The van der Waals surface area contributed by atoms with Crippen LogP contribution in [0.1, 0.15) is 30.4 Å². The van der Waals surface area contributed by atoms with Crippen LogP contribution in [0.15, 0.2) is 8.86 Å². The lowest BCUT2D eigenvalue weighted by Crippen LogP contribution is -2.12. The van der Waals surface area contributed by atoms with Gasteiger partial charge in [-0.1, -0.05) is 35.2 Å². The Morgan fingerprint density at radius 1 is 1.40 bits per heavy atom. The fourth-order valence-electron chi connectivity index (χ4n) is 1.72. The second kappa shape index (κ2) is 6.85. The quantitative estimate of drug-likeness (QED) is 0.652. The second-order valence-electron chi connectivity index (χ2n) is 4.16. The Labute approximate surface area is 125 Å². The Bertz CT molecular complexity index is 575. The van der Waals surface area contributed by atoms with E-state index in [1.54, 1.807) is 11.8 Å². The van der Waals surface area contributed by atoms with E-state index in [1.807, 2.05) is 20.8 Å². The van der Waals surface area contributed by atoms with Gasteiger partial charge >= 0.3 is 0 Å². The van der Waals surface area contributed by atoms with Gasteiger partial charge in [-0.3, -0.25) is 4.79 Å². The Kier molecular flexibility index (Phi) is 5.13. The minimum absolute atomic E-state index is 0.0748. The van der Waals surface area contributed by atoms with Gasteiger partial charge in [0.25, 0.3) is 0 Å². The molecule has 0 aliphatic carbocycles. The predicted molar refractivity (Wildman–Crippen MR) is 79.2 cm³/mol. The lowest BCUT2D eigenvalue weighted by atomic mass is 10.1. The zero-order chi connectivity index (χ0) is 14.5. The van der Waals surface area contributed by atoms with Crippen molar-refractivity contribution in [3.63, 3.8) is 0 Å². The summed E-state index contributed by atoms with van der Waals surface area (Å²) in [6.45, 7) is 5.78. The normalized spacial score (nSPS) is 10.8. The van der Waals surface area contributed by atoms with Crippen LogP contribution in [0.2, 0.25) is 0 Å². The third-order valence-electron chi connectivity index (χ3n) is 2.70. The number of hydrogen-bond acceptors (Lipinski definition) is 7. The van der Waals surface area contributed by atoms with Crippen molar-refractivity contribution in [1.29, 1.82) is 0 Å². The van der Waals surface area contributed by atoms with Crippen molar-refractivity contribution in [2.45, 2.75) is 38.0 Å². The van der Waals surface area contributed by atoms with E-state index in [0.29, 0.717) is 18.0 Å². The van der Waals surface area contributed by atoms with E-state index in [1.165, 1.54) is 11.3 Å². The first-order valence-corrected chi connectivity index (χ1v) is 8.08. The van der Waals surface area contributed by atoms with Gasteiger partial charge in [-0.2, -0.15) is 0 Å². The van der Waals surface area contributed by atoms with Crippen LogP contribution in [0.25, 0.3) is 0 Å². The molecular formula is C12H16N4O2S2. The second-order valence-corrected chi connectivity index (χ2v) is 6.65. The monoisotopic (exact) mass is 312 g/mol. The first-order chi connectivity index (χ1) is 9.60. The molecule has 0 saturated carbocycles. The Hall–Kier alpha value is -1.41. The summed E-state index contributed by atoms with van der Waals surface area (Å²) in [5.41, 5.74) is 1.84. The molecule has 6 nitrogen and oxygen atoms in total. The number of amides is 1. The molecule has 0 saturated heterocycles. The number of aryl methyl sites for hydroxylation is 2. The molecule has 2 heterocycles. The summed E-state index contributed by atoms with van der Waals surface area (Å²) in [7, 11) is 0. The zero-order valence-electron chi connectivity index (χ0n) is 11.6. The number of aromatic nitrogens is 3. The van der Waals surface area contributed by atoms with E-state index in [9.17, 15) is 4.79 Å². The maximum absolute atomic E-state index is 11.9. The number of anilines is 1. The molecule has 0 spiro atoms. The van der Waals surface area contributed by atoms with E-state index >= 15 is 0 Å². The van der Waals surface area contributed by atoms with Crippen LogP contribution in [0, 0.1) is 13.8 Å². The van der Waals surface area contributed by atoms with Crippen LogP contribution in [-0.4, -0.2) is 27.0 Å². The number of thioether (sulfide) groups is 1. The standard InChI is InChI=1S/C12H16N4O2S2/c1-4-19-12-15-14-11(20-12)13-10(17)6-5-9-7(2)16-18-8(9)3/h4-6H2,1-3H3,(H,13,14,17). The molecule has 2 aromatic heterocycles. The fourth-order valence-corrected chi connectivity index (χ4v) is 3.39. The van der Waals surface area contributed by atoms with Crippen LogP contribution in [0.4, 0.5) is 5.13 Å². The number of carbonyl (C=O) groups is 1. The summed E-state index contributed by atoms with van der Waals surface area (Å²) in [6, 6.07) is 0. The summed E-state index contributed by atoms with van der Waals surface area (Å²) in [5, 5.41) is 15.1. The number of nitrogens with zero attached hydrogens (tertiary/aromatic N) is 3. The highest BCUT2D eigenvalue weighted by atomic mass is 32.2. The molecule has 1 amide bonds. The molecule has 8 heteroatoms. The van der Waals surface area contributed by atoms with Crippen molar-refractivity contribution in [3.05, 3.63) is 17.0 Å². The molecule has 1 N–H and O–H groups in total. The molecule has 0 aliphatic rings. The summed E-state index contributed by atoms with van der Waals surface area (Å²) < 4.78 is 5.94. The molecule has 2 aromatic rings. The molecule has 2 rings (SSSR count). The van der Waals surface area contributed by atoms with Crippen LogP contribution < -0.4 is 5.32 Å². The van der Waals surface area contributed by atoms with Crippen molar-refractivity contribution in [2.24, 2.45) is 0 Å². The van der Waals surface area contributed by atoms with Crippen LogP contribution in [-0.2, 0) is 11.2 Å². The highest BCUT2D eigenvalue weighted by Crippen LogP contribution is 2.25. The Morgan fingerprint density at radius 2 is 2.20 bits per heavy atom. The highest BCUT2D eigenvalue weighted by Gasteiger charge is 2.12.